The Labute approximate surface area is 150 Å². The van der Waals surface area contributed by atoms with Crippen molar-refractivity contribution in [1.82, 2.24) is 10.3 Å². The Kier molecular flexibility index (Phi) is 5.96. The predicted molar refractivity (Wildman–Crippen MR) is 97.0 cm³/mol. The second-order valence-corrected chi connectivity index (χ2v) is 6.61. The summed E-state index contributed by atoms with van der Waals surface area (Å²) in [5, 5.41) is 3.28. The summed E-state index contributed by atoms with van der Waals surface area (Å²) < 4.78 is 6.53. The average molecular weight is 390 g/mol. The molecule has 0 spiro atoms. The Morgan fingerprint density at radius 2 is 2.12 bits per heavy atom. The van der Waals surface area contributed by atoms with Gasteiger partial charge in [-0.2, -0.15) is 0 Å². The van der Waals surface area contributed by atoms with E-state index in [9.17, 15) is 4.79 Å². The van der Waals surface area contributed by atoms with E-state index in [-0.39, 0.29) is 18.4 Å². The maximum atomic E-state index is 12.6. The summed E-state index contributed by atoms with van der Waals surface area (Å²) in [6, 6.07) is 13.5. The standard InChI is InChI=1S/C18H20BrN3O2/c19-15-6-7-18(21-10-15)22-9-8-20-11-16(22)17(23)13-24-12-14-4-2-1-3-5-14/h1-7,10,16,20H,8-9,11-13H2. The van der Waals surface area contributed by atoms with E-state index in [1.54, 1.807) is 6.20 Å². The van der Waals surface area contributed by atoms with Gasteiger partial charge in [0, 0.05) is 30.3 Å². The van der Waals surface area contributed by atoms with Gasteiger partial charge in [-0.05, 0) is 33.6 Å². The maximum Gasteiger partial charge on any atom is 0.182 e. The van der Waals surface area contributed by atoms with Gasteiger partial charge in [0.2, 0.25) is 0 Å². The molecule has 24 heavy (non-hydrogen) atoms. The van der Waals surface area contributed by atoms with Crippen LogP contribution >= 0.6 is 15.9 Å². The normalized spacial score (nSPS) is 17.7. The lowest BCUT2D eigenvalue weighted by Gasteiger charge is -2.36. The molecule has 3 rings (SSSR count). The van der Waals surface area contributed by atoms with Crippen molar-refractivity contribution in [2.75, 3.05) is 31.1 Å². The fraction of sp³-hybridized carbons (Fsp3) is 0.333. The number of ether oxygens (including phenoxy) is 1. The molecule has 1 aromatic heterocycles. The molecule has 6 heteroatoms. The molecule has 0 radical (unpaired) electrons. The van der Waals surface area contributed by atoms with Gasteiger partial charge < -0.3 is 15.0 Å². The summed E-state index contributed by atoms with van der Waals surface area (Å²) in [4.78, 5) is 19.1. The average Bonchev–Trinajstić information content (AvgIpc) is 2.63. The first kappa shape index (κ1) is 17.1. The zero-order chi connectivity index (χ0) is 16.8. The molecular formula is C18H20BrN3O2. The predicted octanol–water partition coefficient (Wildman–Crippen LogP) is 2.41. The highest BCUT2D eigenvalue weighted by molar-refractivity contribution is 9.10. The molecule has 126 valence electrons. The summed E-state index contributed by atoms with van der Waals surface area (Å²) in [6.45, 7) is 2.76. The molecule has 0 amide bonds. The topological polar surface area (TPSA) is 54.5 Å². The highest BCUT2D eigenvalue weighted by Crippen LogP contribution is 2.19. The molecule has 0 aliphatic carbocycles. The molecule has 1 N–H and O–H groups in total. The largest absolute Gasteiger partial charge is 0.369 e. The van der Waals surface area contributed by atoms with Crippen LogP contribution in [-0.4, -0.2) is 43.1 Å². The fourth-order valence-electron chi connectivity index (χ4n) is 2.74. The third kappa shape index (κ3) is 4.41. The molecule has 1 unspecified atom stereocenters. The van der Waals surface area contributed by atoms with E-state index in [1.807, 2.05) is 42.5 Å². The number of ketones is 1. The van der Waals surface area contributed by atoms with Gasteiger partial charge in [0.15, 0.2) is 5.78 Å². The Bertz CT molecular complexity index is 664. The number of piperazine rings is 1. The molecule has 1 aliphatic rings. The molecule has 1 aromatic carbocycles. The Morgan fingerprint density at radius 3 is 2.88 bits per heavy atom. The number of nitrogens with zero attached hydrogens (tertiary/aromatic N) is 2. The van der Waals surface area contributed by atoms with Crippen LogP contribution in [0.3, 0.4) is 0 Å². The molecule has 0 saturated carbocycles. The van der Waals surface area contributed by atoms with Crippen molar-refractivity contribution >= 4 is 27.5 Å². The number of benzene rings is 1. The number of rotatable bonds is 6. The highest BCUT2D eigenvalue weighted by Gasteiger charge is 2.29. The molecule has 2 aromatic rings. The quantitative estimate of drug-likeness (QED) is 0.821. The van der Waals surface area contributed by atoms with Crippen LogP contribution in [0.5, 0.6) is 0 Å². The third-order valence-electron chi connectivity index (χ3n) is 3.98. The van der Waals surface area contributed by atoms with Gasteiger partial charge in [0.1, 0.15) is 18.5 Å². The number of halogens is 1. The first-order valence-electron chi connectivity index (χ1n) is 7.97. The first-order chi connectivity index (χ1) is 11.7. The lowest BCUT2D eigenvalue weighted by molar-refractivity contribution is -0.125. The van der Waals surface area contributed by atoms with Crippen molar-refractivity contribution in [3.63, 3.8) is 0 Å². The summed E-state index contributed by atoms with van der Waals surface area (Å²) in [5.74, 6) is 0.893. The van der Waals surface area contributed by atoms with Gasteiger partial charge in [0.25, 0.3) is 0 Å². The highest BCUT2D eigenvalue weighted by atomic mass is 79.9. The number of carbonyl (C=O) groups excluding carboxylic acids is 1. The van der Waals surface area contributed by atoms with Crippen molar-refractivity contribution in [3.05, 3.63) is 58.7 Å². The van der Waals surface area contributed by atoms with Gasteiger partial charge in [0.05, 0.1) is 6.61 Å². The maximum absolute atomic E-state index is 12.6. The van der Waals surface area contributed by atoms with Crippen LogP contribution in [0, 0.1) is 0 Å². The minimum absolute atomic E-state index is 0.0721. The lowest BCUT2D eigenvalue weighted by atomic mass is 10.1. The summed E-state index contributed by atoms with van der Waals surface area (Å²) in [7, 11) is 0. The number of hydrogen-bond acceptors (Lipinski definition) is 5. The van der Waals surface area contributed by atoms with Gasteiger partial charge in [-0.1, -0.05) is 30.3 Å². The smallest absolute Gasteiger partial charge is 0.182 e. The van der Waals surface area contributed by atoms with E-state index < -0.39 is 0 Å². The number of Topliss-reactive ketones (excluding diaryl/α,β-unsaturated/α-hetero) is 1. The van der Waals surface area contributed by atoms with Gasteiger partial charge in [-0.3, -0.25) is 4.79 Å². The molecule has 1 fully saturated rings. The summed E-state index contributed by atoms with van der Waals surface area (Å²) in [6.07, 6.45) is 1.75. The van der Waals surface area contributed by atoms with Crippen LogP contribution in [-0.2, 0) is 16.1 Å². The zero-order valence-corrected chi connectivity index (χ0v) is 14.9. The second kappa shape index (κ2) is 8.37. The second-order valence-electron chi connectivity index (χ2n) is 5.69. The number of hydrogen-bond donors (Lipinski definition) is 1. The van der Waals surface area contributed by atoms with Gasteiger partial charge in [-0.15, -0.1) is 0 Å². The van der Waals surface area contributed by atoms with Gasteiger partial charge >= 0.3 is 0 Å². The Hall–Kier alpha value is -1.76. The minimum Gasteiger partial charge on any atom is -0.369 e. The molecule has 0 bridgehead atoms. The zero-order valence-electron chi connectivity index (χ0n) is 13.3. The summed E-state index contributed by atoms with van der Waals surface area (Å²) in [5.41, 5.74) is 1.07. The van der Waals surface area contributed by atoms with E-state index in [1.165, 1.54) is 0 Å². The molecule has 1 aliphatic heterocycles. The molecular weight excluding hydrogens is 370 g/mol. The molecule has 1 saturated heterocycles. The summed E-state index contributed by atoms with van der Waals surface area (Å²) >= 11 is 3.39. The molecule has 5 nitrogen and oxygen atoms in total. The fourth-order valence-corrected chi connectivity index (χ4v) is 2.98. The van der Waals surface area contributed by atoms with Gasteiger partial charge in [-0.25, -0.2) is 4.98 Å². The van der Waals surface area contributed by atoms with E-state index in [2.05, 4.69) is 31.1 Å². The van der Waals surface area contributed by atoms with E-state index in [4.69, 9.17) is 4.74 Å². The number of anilines is 1. The van der Waals surface area contributed by atoms with Crippen molar-refractivity contribution in [2.24, 2.45) is 0 Å². The monoisotopic (exact) mass is 389 g/mol. The third-order valence-corrected chi connectivity index (χ3v) is 4.45. The van der Waals surface area contributed by atoms with Crippen molar-refractivity contribution in [3.8, 4) is 0 Å². The van der Waals surface area contributed by atoms with Crippen LogP contribution < -0.4 is 10.2 Å². The molecule has 2 heterocycles. The van der Waals surface area contributed by atoms with E-state index >= 15 is 0 Å². The number of carbonyl (C=O) groups is 1. The van der Waals surface area contributed by atoms with Crippen molar-refractivity contribution in [1.29, 1.82) is 0 Å². The minimum atomic E-state index is -0.247. The Balaban J connectivity index is 1.60. The first-order valence-corrected chi connectivity index (χ1v) is 8.76. The van der Waals surface area contributed by atoms with Crippen LogP contribution in [0.15, 0.2) is 53.1 Å². The van der Waals surface area contributed by atoms with E-state index in [0.717, 1.165) is 28.9 Å². The van der Waals surface area contributed by atoms with Crippen molar-refractivity contribution in [2.45, 2.75) is 12.6 Å². The Morgan fingerprint density at radius 1 is 1.29 bits per heavy atom. The SMILES string of the molecule is O=C(COCc1ccccc1)C1CNCCN1c1ccc(Br)cn1. The lowest BCUT2D eigenvalue weighted by Crippen LogP contribution is -2.56. The number of nitrogens with one attached hydrogen (secondary N) is 1. The number of pyridine rings is 1. The molecule has 1 atom stereocenters. The van der Waals surface area contributed by atoms with Crippen LogP contribution in [0.25, 0.3) is 0 Å². The van der Waals surface area contributed by atoms with E-state index in [0.29, 0.717) is 13.2 Å². The van der Waals surface area contributed by atoms with Crippen LogP contribution in [0.4, 0.5) is 5.82 Å². The van der Waals surface area contributed by atoms with Crippen LogP contribution in [0.1, 0.15) is 5.56 Å². The number of aromatic nitrogens is 1. The van der Waals surface area contributed by atoms with Crippen molar-refractivity contribution < 1.29 is 9.53 Å². The van der Waals surface area contributed by atoms with Crippen LogP contribution in [0.2, 0.25) is 0 Å².